The molecule has 2 rings (SSSR count). The molecule has 0 amide bonds. The van der Waals surface area contributed by atoms with Crippen molar-refractivity contribution < 1.29 is 20.1 Å². The molecule has 0 radical (unpaired) electrons. The Labute approximate surface area is 166 Å². The molecule has 1 fully saturated rings. The summed E-state index contributed by atoms with van der Waals surface area (Å²) in [4.78, 5) is 0. The highest BCUT2D eigenvalue weighted by molar-refractivity contribution is 5.99. The van der Waals surface area contributed by atoms with E-state index >= 15 is 0 Å². The second-order valence-corrected chi connectivity index (χ2v) is 7.08. The van der Waals surface area contributed by atoms with Crippen LogP contribution in [0.1, 0.15) is 24.2 Å². The van der Waals surface area contributed by atoms with E-state index in [-0.39, 0.29) is 12.5 Å². The van der Waals surface area contributed by atoms with Crippen LogP contribution in [0.3, 0.4) is 0 Å². The molecular weight excluding hydrogens is 356 g/mol. The summed E-state index contributed by atoms with van der Waals surface area (Å²) in [6.07, 6.45) is 2.07. The average Bonchev–Trinajstić information content (AvgIpc) is 2.71. The Morgan fingerprint density at radius 1 is 1.21 bits per heavy atom. The first-order valence-corrected chi connectivity index (χ1v) is 9.36. The normalized spacial score (nSPS) is 27.6. The number of aliphatic hydroxyl groups excluding tert-OH is 3. The molecule has 1 heterocycles. The van der Waals surface area contributed by atoms with Gasteiger partial charge in [-0.2, -0.15) is 0 Å². The van der Waals surface area contributed by atoms with Crippen molar-refractivity contribution in [3.8, 4) is 0 Å². The van der Waals surface area contributed by atoms with Gasteiger partial charge in [-0.1, -0.05) is 62.6 Å². The summed E-state index contributed by atoms with van der Waals surface area (Å²) >= 11 is 0. The maximum atomic E-state index is 10.4. The van der Waals surface area contributed by atoms with Gasteiger partial charge >= 0.3 is 0 Å². The lowest BCUT2D eigenvalue weighted by Gasteiger charge is -2.41. The van der Waals surface area contributed by atoms with Gasteiger partial charge in [-0.3, -0.25) is 0 Å². The third-order valence-electron chi connectivity index (χ3n) is 5.00. The third-order valence-corrected chi connectivity index (χ3v) is 5.00. The van der Waals surface area contributed by atoms with Crippen molar-refractivity contribution in [2.45, 2.75) is 31.3 Å². The van der Waals surface area contributed by atoms with Crippen LogP contribution in [-0.4, -0.2) is 59.0 Å². The van der Waals surface area contributed by atoms with Gasteiger partial charge in [0.2, 0.25) is 0 Å². The van der Waals surface area contributed by atoms with Gasteiger partial charge < -0.3 is 30.8 Å². The summed E-state index contributed by atoms with van der Waals surface area (Å²) < 4.78 is 5.79. The highest BCUT2D eigenvalue weighted by Gasteiger charge is 2.42. The van der Waals surface area contributed by atoms with Crippen LogP contribution in [0.2, 0.25) is 0 Å². The fraction of sp³-hybridized carbons (Fsp3) is 0.409. The Hall–Kier alpha value is -2.09. The number of allylic oxidation sites excluding steroid dienone is 2. The van der Waals surface area contributed by atoms with Crippen molar-refractivity contribution >= 4 is 5.71 Å². The van der Waals surface area contributed by atoms with Gasteiger partial charge in [-0.25, -0.2) is 0 Å². The number of hydrogen-bond donors (Lipinski definition) is 5. The first-order valence-electron chi connectivity index (χ1n) is 9.36. The van der Waals surface area contributed by atoms with E-state index in [4.69, 9.17) is 10.1 Å². The highest BCUT2D eigenvalue weighted by atomic mass is 16.5. The fourth-order valence-corrected chi connectivity index (χ4v) is 3.17. The summed E-state index contributed by atoms with van der Waals surface area (Å²) in [7, 11) is 0. The molecule has 28 heavy (non-hydrogen) atoms. The van der Waals surface area contributed by atoms with E-state index in [1.165, 1.54) is 0 Å². The van der Waals surface area contributed by atoms with Crippen molar-refractivity contribution in [3.63, 3.8) is 0 Å². The van der Waals surface area contributed by atoms with Gasteiger partial charge in [0.05, 0.1) is 24.5 Å². The van der Waals surface area contributed by atoms with Gasteiger partial charge in [-0.05, 0) is 16.7 Å². The van der Waals surface area contributed by atoms with E-state index in [2.05, 4.69) is 18.5 Å². The van der Waals surface area contributed by atoms with Gasteiger partial charge in [-0.15, -0.1) is 0 Å². The second-order valence-electron chi connectivity index (χ2n) is 7.08. The number of hydrogen-bond acceptors (Lipinski definition) is 6. The molecule has 0 saturated carbocycles. The van der Waals surface area contributed by atoms with Gasteiger partial charge in [0, 0.05) is 19.0 Å². The summed E-state index contributed by atoms with van der Waals surface area (Å²) in [6, 6.07) is 7.14. The molecule has 5 atom stereocenters. The highest BCUT2D eigenvalue weighted by Crippen LogP contribution is 2.35. The number of nitrogens with one attached hydrogen (secondary N) is 2. The smallest absolute Gasteiger partial charge is 0.111 e. The van der Waals surface area contributed by atoms with E-state index in [1.807, 2.05) is 12.2 Å². The Morgan fingerprint density at radius 3 is 2.50 bits per heavy atom. The number of benzene rings is 1. The number of rotatable bonds is 9. The number of aliphatic hydroxyl groups is 3. The van der Waals surface area contributed by atoms with Gasteiger partial charge in [0.15, 0.2) is 0 Å². The Morgan fingerprint density at radius 2 is 1.89 bits per heavy atom. The molecule has 1 aromatic rings. The van der Waals surface area contributed by atoms with E-state index in [0.717, 1.165) is 11.1 Å². The predicted molar refractivity (Wildman–Crippen MR) is 110 cm³/mol. The zero-order valence-corrected chi connectivity index (χ0v) is 16.2. The Balaban J connectivity index is 1.97. The summed E-state index contributed by atoms with van der Waals surface area (Å²) in [5, 5.41) is 41.4. The Kier molecular flexibility index (Phi) is 8.29. The molecule has 0 bridgehead atoms. The first kappa shape index (κ1) is 22.2. The molecule has 0 aromatic heterocycles. The molecule has 152 valence electrons. The van der Waals surface area contributed by atoms with Crippen molar-refractivity contribution in [2.75, 3.05) is 19.7 Å². The quantitative estimate of drug-likeness (QED) is 0.328. The van der Waals surface area contributed by atoms with Crippen LogP contribution in [0, 0.1) is 11.3 Å². The standard InChI is InChI=1S/C22H30N2O4/c1-4-5-6-14(2)11-24-12-18(23)16-7-9-17(10-8-16)22-21(27)20(26)15(3)19(13-25)28-22/h4-10,15,19-27H,1-2,11-13H2,3H3/b6-5-,23-18?. The van der Waals surface area contributed by atoms with Gasteiger partial charge in [0.1, 0.15) is 12.2 Å². The third kappa shape index (κ3) is 5.47. The van der Waals surface area contributed by atoms with Crippen LogP contribution in [-0.2, 0) is 4.74 Å². The van der Waals surface area contributed by atoms with Crippen molar-refractivity contribution in [1.29, 1.82) is 5.41 Å². The molecule has 5 unspecified atom stereocenters. The predicted octanol–water partition coefficient (Wildman–Crippen LogP) is 1.73. The maximum absolute atomic E-state index is 10.4. The lowest BCUT2D eigenvalue weighted by Crippen LogP contribution is -2.50. The van der Waals surface area contributed by atoms with E-state index in [1.54, 1.807) is 37.3 Å². The SMILES string of the molecule is C=C/C=C\C(=C)CNCC(=N)c1ccc(C2OC(CO)C(C)C(O)C2O)cc1. The molecule has 1 aliphatic heterocycles. The molecule has 6 heteroatoms. The van der Waals surface area contributed by atoms with Crippen LogP contribution in [0.25, 0.3) is 0 Å². The molecule has 0 aliphatic carbocycles. The zero-order valence-electron chi connectivity index (χ0n) is 16.2. The van der Waals surface area contributed by atoms with Crippen LogP contribution >= 0.6 is 0 Å². The minimum atomic E-state index is -1.07. The molecular formula is C22H30N2O4. The molecule has 0 spiro atoms. The lowest BCUT2D eigenvalue weighted by molar-refractivity contribution is -0.206. The summed E-state index contributed by atoms with van der Waals surface area (Å²) in [6.45, 7) is 10.0. The lowest BCUT2D eigenvalue weighted by atomic mass is 9.86. The molecule has 5 N–H and O–H groups in total. The fourth-order valence-electron chi connectivity index (χ4n) is 3.17. The largest absolute Gasteiger partial charge is 0.394 e. The summed E-state index contributed by atoms with van der Waals surface area (Å²) in [5.41, 5.74) is 2.78. The topological polar surface area (TPSA) is 106 Å². The number of ether oxygens (including phenoxy) is 1. The Bertz CT molecular complexity index is 712. The minimum absolute atomic E-state index is 0.219. The van der Waals surface area contributed by atoms with Crippen molar-refractivity contribution in [2.24, 2.45) is 5.92 Å². The van der Waals surface area contributed by atoms with E-state index in [0.29, 0.717) is 24.4 Å². The van der Waals surface area contributed by atoms with Crippen molar-refractivity contribution in [3.05, 3.63) is 72.4 Å². The van der Waals surface area contributed by atoms with E-state index in [9.17, 15) is 15.3 Å². The molecule has 1 aliphatic rings. The minimum Gasteiger partial charge on any atom is -0.394 e. The first-order chi connectivity index (χ1) is 13.4. The van der Waals surface area contributed by atoms with Crippen LogP contribution in [0.5, 0.6) is 0 Å². The average molecular weight is 386 g/mol. The van der Waals surface area contributed by atoms with Crippen LogP contribution in [0.15, 0.2) is 61.2 Å². The monoisotopic (exact) mass is 386 g/mol. The zero-order chi connectivity index (χ0) is 20.7. The van der Waals surface area contributed by atoms with Crippen molar-refractivity contribution in [1.82, 2.24) is 5.32 Å². The van der Waals surface area contributed by atoms with Crippen LogP contribution < -0.4 is 5.32 Å². The molecule has 1 aromatic carbocycles. The molecule has 6 nitrogen and oxygen atoms in total. The maximum Gasteiger partial charge on any atom is 0.111 e. The molecule has 1 saturated heterocycles. The van der Waals surface area contributed by atoms with Gasteiger partial charge in [0.25, 0.3) is 0 Å². The summed E-state index contributed by atoms with van der Waals surface area (Å²) in [5.74, 6) is -0.356. The van der Waals surface area contributed by atoms with Crippen LogP contribution in [0.4, 0.5) is 0 Å². The van der Waals surface area contributed by atoms with E-state index < -0.39 is 24.4 Å². The second kappa shape index (κ2) is 10.5.